The number of rotatable bonds is 12. The lowest BCUT2D eigenvalue weighted by atomic mass is 9.99. The normalized spacial score (nSPS) is 12.4. The quantitative estimate of drug-likeness (QED) is 0.300. The summed E-state index contributed by atoms with van der Waals surface area (Å²) in [6.45, 7) is 13.4. The van der Waals surface area contributed by atoms with E-state index in [1.165, 1.54) is 6.07 Å². The molecule has 2 amide bonds. The third-order valence-corrected chi connectivity index (χ3v) is 8.19. The summed E-state index contributed by atoms with van der Waals surface area (Å²) in [5.41, 5.74) is 3.32. The van der Waals surface area contributed by atoms with Crippen LogP contribution in [0.2, 0.25) is 0 Å². The van der Waals surface area contributed by atoms with Gasteiger partial charge in [0.1, 0.15) is 6.04 Å². The Morgan fingerprint density at radius 3 is 2.20 bits per heavy atom. The third kappa shape index (κ3) is 7.10. The Hall–Kier alpha value is -3.66. The molecule has 0 radical (unpaired) electrons. The van der Waals surface area contributed by atoms with Crippen molar-refractivity contribution in [3.63, 3.8) is 0 Å². The van der Waals surface area contributed by atoms with E-state index in [0.717, 1.165) is 12.0 Å². The van der Waals surface area contributed by atoms with Gasteiger partial charge in [-0.05, 0) is 57.2 Å². The van der Waals surface area contributed by atoms with Crippen molar-refractivity contribution < 1.29 is 22.5 Å². The first-order chi connectivity index (χ1) is 18.9. The molecule has 2 aromatic carbocycles. The zero-order valence-electron chi connectivity index (χ0n) is 24.3. The zero-order chi connectivity index (χ0) is 29.6. The smallest absolute Gasteiger partial charge is 0.264 e. The van der Waals surface area contributed by atoms with Gasteiger partial charge in [-0.15, -0.1) is 0 Å². The van der Waals surface area contributed by atoms with Gasteiger partial charge in [0.25, 0.3) is 10.0 Å². The molecule has 1 atom stereocenters. The maximum absolute atomic E-state index is 13.2. The van der Waals surface area contributed by atoms with Gasteiger partial charge in [-0.2, -0.15) is 0 Å². The van der Waals surface area contributed by atoms with Crippen LogP contribution in [0.25, 0.3) is 11.1 Å². The van der Waals surface area contributed by atoms with Crippen molar-refractivity contribution in [1.29, 1.82) is 0 Å². The molecule has 1 heterocycles. The van der Waals surface area contributed by atoms with Gasteiger partial charge in [-0.25, -0.2) is 13.1 Å². The van der Waals surface area contributed by atoms with Gasteiger partial charge in [-0.3, -0.25) is 9.59 Å². The molecule has 3 aromatic rings. The van der Waals surface area contributed by atoms with E-state index in [-0.39, 0.29) is 41.1 Å². The highest BCUT2D eigenvalue weighted by Gasteiger charge is 2.33. The molecule has 0 spiro atoms. The lowest BCUT2D eigenvalue weighted by molar-refractivity contribution is -0.144. The van der Waals surface area contributed by atoms with E-state index in [1.807, 2.05) is 58.9 Å². The number of hydrogen-bond donors (Lipinski definition) is 2. The van der Waals surface area contributed by atoms with E-state index in [2.05, 4.69) is 15.2 Å². The van der Waals surface area contributed by atoms with Crippen molar-refractivity contribution in [2.24, 2.45) is 5.92 Å². The largest absolute Gasteiger partial charge is 0.350 e. The molecular weight excluding hydrogens is 528 g/mol. The Morgan fingerprint density at radius 1 is 1.00 bits per heavy atom. The molecule has 9 nitrogen and oxygen atoms in total. The Kier molecular flexibility index (Phi) is 10.1. The van der Waals surface area contributed by atoms with E-state index < -0.39 is 16.1 Å². The molecule has 0 aliphatic heterocycles. The van der Waals surface area contributed by atoms with Gasteiger partial charge in [-0.1, -0.05) is 68.4 Å². The highest BCUT2D eigenvalue weighted by atomic mass is 32.2. The predicted molar refractivity (Wildman–Crippen MR) is 156 cm³/mol. The first-order valence-corrected chi connectivity index (χ1v) is 15.1. The summed E-state index contributed by atoms with van der Waals surface area (Å²) >= 11 is 0. The summed E-state index contributed by atoms with van der Waals surface area (Å²) in [6, 6.07) is 13.4. The number of carbonyl (C=O) groups is 2. The minimum absolute atomic E-state index is 0.0209. The molecule has 3 rings (SSSR count). The number of aromatic nitrogens is 1. The summed E-state index contributed by atoms with van der Waals surface area (Å²) in [5.74, 6) is -0.182. The minimum atomic E-state index is -3.95. The number of carbonyl (C=O) groups excluding carboxylic acids is 2. The van der Waals surface area contributed by atoms with Gasteiger partial charge in [0.05, 0.1) is 10.6 Å². The van der Waals surface area contributed by atoms with Crippen LogP contribution in [0, 0.1) is 19.8 Å². The number of amides is 2. The standard InChI is InChI=1S/C30H40N4O5S/c1-8-11-27(35)34(20(4)5)28(19(2)3)29(36)31-18-23-14-16-24(17-15-23)25-12-9-10-13-26(25)40(37,38)33-30-21(6)22(7)32-39-30/h9-10,12-17,19-20,28,33H,8,11,18H2,1-7H3,(H,31,36)/t28-/m0/s1. The molecule has 2 N–H and O–H groups in total. The predicted octanol–water partition coefficient (Wildman–Crippen LogP) is 5.44. The Bertz CT molecular complexity index is 1430. The molecule has 40 heavy (non-hydrogen) atoms. The van der Waals surface area contributed by atoms with Crippen LogP contribution in [0.5, 0.6) is 0 Å². The molecule has 0 unspecified atom stereocenters. The van der Waals surface area contributed by atoms with E-state index in [1.54, 1.807) is 36.9 Å². The summed E-state index contributed by atoms with van der Waals surface area (Å²) in [4.78, 5) is 27.8. The lowest BCUT2D eigenvalue weighted by Gasteiger charge is -2.36. The average molecular weight is 569 g/mol. The van der Waals surface area contributed by atoms with E-state index in [0.29, 0.717) is 28.8 Å². The second-order valence-corrected chi connectivity index (χ2v) is 12.2. The molecule has 1 aromatic heterocycles. The molecule has 0 saturated carbocycles. The first-order valence-electron chi connectivity index (χ1n) is 13.6. The van der Waals surface area contributed by atoms with Gasteiger partial charge < -0.3 is 14.7 Å². The topological polar surface area (TPSA) is 122 Å². The van der Waals surface area contributed by atoms with Crippen LogP contribution >= 0.6 is 0 Å². The fraction of sp³-hybridized carbons (Fsp3) is 0.433. The van der Waals surface area contributed by atoms with Gasteiger partial charge >= 0.3 is 0 Å². The number of hydrogen-bond acceptors (Lipinski definition) is 6. The Morgan fingerprint density at radius 2 is 1.65 bits per heavy atom. The fourth-order valence-electron chi connectivity index (χ4n) is 4.58. The average Bonchev–Trinajstić information content (AvgIpc) is 3.21. The Balaban J connectivity index is 1.78. The molecule has 0 fully saturated rings. The van der Waals surface area contributed by atoms with Crippen molar-refractivity contribution in [1.82, 2.24) is 15.4 Å². The summed E-state index contributed by atoms with van der Waals surface area (Å²) < 4.78 is 34.1. The van der Waals surface area contributed by atoms with Crippen molar-refractivity contribution in [3.8, 4) is 11.1 Å². The number of aryl methyl sites for hydroxylation is 1. The number of sulfonamides is 1. The van der Waals surface area contributed by atoms with E-state index in [4.69, 9.17) is 4.52 Å². The first kappa shape index (κ1) is 30.9. The number of anilines is 1. The van der Waals surface area contributed by atoms with Crippen molar-refractivity contribution in [2.45, 2.75) is 84.8 Å². The lowest BCUT2D eigenvalue weighted by Crippen LogP contribution is -2.54. The third-order valence-electron chi connectivity index (χ3n) is 6.80. The van der Waals surface area contributed by atoms with Crippen LogP contribution in [0.1, 0.15) is 64.3 Å². The molecule has 10 heteroatoms. The van der Waals surface area contributed by atoms with Gasteiger partial charge in [0.15, 0.2) is 0 Å². The summed E-state index contributed by atoms with van der Waals surface area (Å²) in [5, 5.41) is 6.81. The second kappa shape index (κ2) is 13.1. The maximum atomic E-state index is 13.2. The monoisotopic (exact) mass is 568 g/mol. The van der Waals surface area contributed by atoms with Crippen LogP contribution < -0.4 is 10.0 Å². The Labute approximate surface area is 237 Å². The van der Waals surface area contributed by atoms with Crippen molar-refractivity contribution >= 4 is 27.7 Å². The van der Waals surface area contributed by atoms with Crippen LogP contribution in [-0.2, 0) is 26.2 Å². The maximum Gasteiger partial charge on any atom is 0.264 e. The van der Waals surface area contributed by atoms with Crippen LogP contribution in [0.4, 0.5) is 5.88 Å². The van der Waals surface area contributed by atoms with Crippen LogP contribution in [0.3, 0.4) is 0 Å². The SMILES string of the molecule is CCCC(=O)N(C(C)C)[C@H](C(=O)NCc1ccc(-c2ccccc2S(=O)(=O)Nc2onc(C)c2C)cc1)C(C)C. The summed E-state index contributed by atoms with van der Waals surface area (Å²) in [6.07, 6.45) is 1.13. The van der Waals surface area contributed by atoms with E-state index in [9.17, 15) is 18.0 Å². The molecule has 0 aliphatic carbocycles. The fourth-order valence-corrected chi connectivity index (χ4v) is 5.86. The number of benzene rings is 2. The number of nitrogens with zero attached hydrogens (tertiary/aromatic N) is 2. The van der Waals surface area contributed by atoms with E-state index >= 15 is 0 Å². The molecule has 0 saturated heterocycles. The second-order valence-electron chi connectivity index (χ2n) is 10.6. The molecule has 216 valence electrons. The zero-order valence-corrected chi connectivity index (χ0v) is 25.1. The van der Waals surface area contributed by atoms with Gasteiger partial charge in [0, 0.05) is 30.1 Å². The minimum Gasteiger partial charge on any atom is -0.350 e. The highest BCUT2D eigenvalue weighted by molar-refractivity contribution is 7.92. The van der Waals surface area contributed by atoms with Gasteiger partial charge in [0.2, 0.25) is 17.7 Å². The molecule has 0 bridgehead atoms. The van der Waals surface area contributed by atoms with Crippen LogP contribution in [0.15, 0.2) is 57.9 Å². The molecule has 0 aliphatic rings. The number of nitrogens with one attached hydrogen (secondary N) is 2. The summed E-state index contributed by atoms with van der Waals surface area (Å²) in [7, 11) is -3.95. The van der Waals surface area contributed by atoms with Crippen molar-refractivity contribution in [3.05, 3.63) is 65.4 Å². The van der Waals surface area contributed by atoms with Crippen molar-refractivity contribution in [2.75, 3.05) is 4.72 Å². The van der Waals surface area contributed by atoms with Crippen LogP contribution in [-0.4, -0.2) is 42.4 Å². The molecular formula is C30H40N4O5S. The highest BCUT2D eigenvalue weighted by Crippen LogP contribution is 2.30.